The summed E-state index contributed by atoms with van der Waals surface area (Å²) in [6.45, 7) is 2.02. The molecule has 5 nitrogen and oxygen atoms in total. The zero-order chi connectivity index (χ0) is 12.8. The maximum absolute atomic E-state index is 11.3. The molecule has 3 N–H and O–H groups in total. The number of hydrogen-bond acceptors (Lipinski definition) is 4. The largest absolute Gasteiger partial charge is 0.497 e. The number of hydrogen-bond donors (Lipinski definition) is 2. The summed E-state index contributed by atoms with van der Waals surface area (Å²) in [5, 5.41) is 2.73. The fourth-order valence-corrected chi connectivity index (χ4v) is 1.34. The van der Waals surface area contributed by atoms with Crippen LogP contribution in [0.3, 0.4) is 0 Å². The monoisotopic (exact) mass is 274 g/mol. The van der Waals surface area contributed by atoms with E-state index >= 15 is 0 Å². The molecule has 1 rings (SSSR count). The molecule has 0 saturated heterocycles. The van der Waals surface area contributed by atoms with Crippen molar-refractivity contribution in [1.82, 2.24) is 5.32 Å². The van der Waals surface area contributed by atoms with Crippen LogP contribution in [0.1, 0.15) is 12.5 Å². The first-order valence-electron chi connectivity index (χ1n) is 5.32. The summed E-state index contributed by atoms with van der Waals surface area (Å²) >= 11 is 0. The molecule has 0 aromatic heterocycles. The van der Waals surface area contributed by atoms with Crippen molar-refractivity contribution in [2.75, 3.05) is 14.2 Å². The Bertz CT molecular complexity index is 397. The zero-order valence-corrected chi connectivity index (χ0v) is 11.5. The topological polar surface area (TPSA) is 73.6 Å². The molecule has 0 unspecified atom stereocenters. The van der Waals surface area contributed by atoms with Crippen molar-refractivity contribution < 1.29 is 14.3 Å². The van der Waals surface area contributed by atoms with Crippen molar-refractivity contribution in [3.05, 3.63) is 23.8 Å². The lowest BCUT2D eigenvalue weighted by Gasteiger charge is -2.12. The Morgan fingerprint density at radius 2 is 2.06 bits per heavy atom. The molecular formula is C12H19ClN2O3. The quantitative estimate of drug-likeness (QED) is 0.843. The van der Waals surface area contributed by atoms with Crippen LogP contribution in [-0.4, -0.2) is 26.2 Å². The van der Waals surface area contributed by atoms with Gasteiger partial charge in [-0.3, -0.25) is 4.79 Å². The zero-order valence-electron chi connectivity index (χ0n) is 10.7. The van der Waals surface area contributed by atoms with Crippen molar-refractivity contribution >= 4 is 18.3 Å². The van der Waals surface area contributed by atoms with E-state index in [2.05, 4.69) is 5.32 Å². The predicted octanol–water partition coefficient (Wildman–Crippen LogP) is 1.09. The van der Waals surface area contributed by atoms with E-state index in [9.17, 15) is 4.79 Å². The van der Waals surface area contributed by atoms with Gasteiger partial charge in [-0.15, -0.1) is 12.4 Å². The number of carbonyl (C=O) groups is 1. The molecule has 1 aromatic carbocycles. The third-order valence-corrected chi connectivity index (χ3v) is 2.36. The third-order valence-electron chi connectivity index (χ3n) is 2.36. The van der Waals surface area contributed by atoms with Crippen LogP contribution in [-0.2, 0) is 11.3 Å². The van der Waals surface area contributed by atoms with E-state index in [-0.39, 0.29) is 18.3 Å². The molecule has 0 radical (unpaired) electrons. The van der Waals surface area contributed by atoms with Gasteiger partial charge in [-0.05, 0) is 19.1 Å². The average Bonchev–Trinajstić information content (AvgIpc) is 2.35. The number of nitrogens with two attached hydrogens (primary N) is 1. The number of methoxy groups -OCH3 is 2. The maximum atomic E-state index is 11.3. The first-order valence-corrected chi connectivity index (χ1v) is 5.32. The highest BCUT2D eigenvalue weighted by atomic mass is 35.5. The van der Waals surface area contributed by atoms with E-state index in [1.165, 1.54) is 0 Å². The SMILES string of the molecule is COc1ccc(CNC(=O)[C@H](C)N)c(OC)c1.Cl. The van der Waals surface area contributed by atoms with E-state index in [1.807, 2.05) is 12.1 Å². The first-order chi connectivity index (χ1) is 8.08. The highest BCUT2D eigenvalue weighted by molar-refractivity contribution is 5.85. The Kier molecular flexibility index (Phi) is 7.16. The van der Waals surface area contributed by atoms with Crippen LogP contribution in [0.4, 0.5) is 0 Å². The molecular weight excluding hydrogens is 256 g/mol. The molecule has 0 aliphatic rings. The van der Waals surface area contributed by atoms with Gasteiger partial charge >= 0.3 is 0 Å². The summed E-state index contributed by atoms with van der Waals surface area (Å²) in [7, 11) is 3.16. The number of rotatable bonds is 5. The molecule has 0 saturated carbocycles. The molecule has 0 fully saturated rings. The second kappa shape index (κ2) is 7.79. The Morgan fingerprint density at radius 1 is 1.39 bits per heavy atom. The highest BCUT2D eigenvalue weighted by Gasteiger charge is 2.09. The summed E-state index contributed by atoms with van der Waals surface area (Å²) < 4.78 is 10.3. The molecule has 1 aromatic rings. The molecule has 1 amide bonds. The van der Waals surface area contributed by atoms with E-state index in [0.717, 1.165) is 5.56 Å². The second-order valence-electron chi connectivity index (χ2n) is 3.68. The highest BCUT2D eigenvalue weighted by Crippen LogP contribution is 2.24. The fraction of sp³-hybridized carbons (Fsp3) is 0.417. The molecule has 0 heterocycles. The first kappa shape index (κ1) is 16.5. The molecule has 6 heteroatoms. The van der Waals surface area contributed by atoms with Crippen molar-refractivity contribution in [2.45, 2.75) is 19.5 Å². The molecule has 102 valence electrons. The van der Waals surface area contributed by atoms with Crippen molar-refractivity contribution in [3.8, 4) is 11.5 Å². The van der Waals surface area contributed by atoms with Crippen LogP contribution in [0.25, 0.3) is 0 Å². The van der Waals surface area contributed by atoms with Gasteiger partial charge in [0.2, 0.25) is 5.91 Å². The Hall–Kier alpha value is -1.46. The molecule has 18 heavy (non-hydrogen) atoms. The van der Waals surface area contributed by atoms with Gasteiger partial charge in [0, 0.05) is 18.2 Å². The minimum absolute atomic E-state index is 0. The van der Waals surface area contributed by atoms with Gasteiger partial charge in [0.05, 0.1) is 20.3 Å². The molecule has 0 aliphatic heterocycles. The van der Waals surface area contributed by atoms with Gasteiger partial charge in [0.15, 0.2) is 0 Å². The van der Waals surface area contributed by atoms with Crippen LogP contribution >= 0.6 is 12.4 Å². The maximum Gasteiger partial charge on any atom is 0.236 e. The van der Waals surface area contributed by atoms with Gasteiger partial charge < -0.3 is 20.5 Å². The average molecular weight is 275 g/mol. The smallest absolute Gasteiger partial charge is 0.236 e. The van der Waals surface area contributed by atoms with E-state index < -0.39 is 6.04 Å². The summed E-state index contributed by atoms with van der Waals surface area (Å²) in [6, 6.07) is 4.92. The van der Waals surface area contributed by atoms with E-state index in [0.29, 0.717) is 18.0 Å². The van der Waals surface area contributed by atoms with Crippen LogP contribution in [0.5, 0.6) is 11.5 Å². The lowest BCUT2D eigenvalue weighted by Crippen LogP contribution is -2.37. The molecule has 0 aliphatic carbocycles. The predicted molar refractivity (Wildman–Crippen MR) is 72.3 cm³/mol. The number of amides is 1. The van der Waals surface area contributed by atoms with Crippen LogP contribution < -0.4 is 20.5 Å². The van der Waals surface area contributed by atoms with E-state index in [1.54, 1.807) is 27.2 Å². The van der Waals surface area contributed by atoms with Gasteiger partial charge in [0.1, 0.15) is 11.5 Å². The number of nitrogens with one attached hydrogen (secondary N) is 1. The summed E-state index contributed by atoms with van der Waals surface area (Å²) in [5.41, 5.74) is 6.33. The van der Waals surface area contributed by atoms with Crippen molar-refractivity contribution in [3.63, 3.8) is 0 Å². The van der Waals surface area contributed by atoms with Crippen molar-refractivity contribution in [1.29, 1.82) is 0 Å². The van der Waals surface area contributed by atoms with E-state index in [4.69, 9.17) is 15.2 Å². The number of benzene rings is 1. The van der Waals surface area contributed by atoms with Crippen LogP contribution in [0.2, 0.25) is 0 Å². The summed E-state index contributed by atoms with van der Waals surface area (Å²) in [5.74, 6) is 1.20. The lowest BCUT2D eigenvalue weighted by atomic mass is 10.2. The lowest BCUT2D eigenvalue weighted by molar-refractivity contribution is -0.122. The number of halogens is 1. The van der Waals surface area contributed by atoms with Crippen LogP contribution in [0.15, 0.2) is 18.2 Å². The standard InChI is InChI=1S/C12H18N2O3.ClH/c1-8(13)12(15)14-7-9-4-5-10(16-2)6-11(9)17-3;/h4-6,8H,7,13H2,1-3H3,(H,14,15);1H/t8-;/m0./s1. The number of carbonyl (C=O) groups excluding carboxylic acids is 1. The van der Waals surface area contributed by atoms with Gasteiger partial charge in [-0.25, -0.2) is 0 Å². The summed E-state index contributed by atoms with van der Waals surface area (Å²) in [6.07, 6.45) is 0. The summed E-state index contributed by atoms with van der Waals surface area (Å²) in [4.78, 5) is 11.3. The van der Waals surface area contributed by atoms with Gasteiger partial charge in [-0.1, -0.05) is 0 Å². The number of ether oxygens (including phenoxy) is 2. The van der Waals surface area contributed by atoms with Crippen molar-refractivity contribution in [2.24, 2.45) is 5.73 Å². The second-order valence-corrected chi connectivity index (χ2v) is 3.68. The van der Waals surface area contributed by atoms with Gasteiger partial charge in [-0.2, -0.15) is 0 Å². The fourth-order valence-electron chi connectivity index (χ4n) is 1.34. The van der Waals surface area contributed by atoms with Gasteiger partial charge in [0.25, 0.3) is 0 Å². The minimum atomic E-state index is -0.515. The molecule has 0 spiro atoms. The molecule has 1 atom stereocenters. The minimum Gasteiger partial charge on any atom is -0.497 e. The Labute approximate surface area is 113 Å². The van der Waals surface area contributed by atoms with Crippen LogP contribution in [0, 0.1) is 0 Å². The Balaban J connectivity index is 0.00000289. The Morgan fingerprint density at radius 3 is 2.56 bits per heavy atom. The molecule has 0 bridgehead atoms. The normalized spacial score (nSPS) is 11.1. The third kappa shape index (κ3) is 4.43.